The number of rotatable bonds is 19. The van der Waals surface area contributed by atoms with Crippen molar-refractivity contribution in [3.63, 3.8) is 0 Å². The third kappa shape index (κ3) is 18.1. The predicted molar refractivity (Wildman–Crippen MR) is 550 cm³/mol. The first-order valence-corrected chi connectivity index (χ1v) is 44.2. The molecule has 0 spiro atoms. The Morgan fingerprint density at radius 3 is 0.527 bits per heavy atom. The molecular weight excluding hydrogens is 1560 g/mol. The van der Waals surface area contributed by atoms with Crippen LogP contribution >= 0.6 is 0 Å². The van der Waals surface area contributed by atoms with Crippen molar-refractivity contribution in [3.05, 3.63) is 552 Å². The highest BCUT2D eigenvalue weighted by Gasteiger charge is 2.21. The van der Waals surface area contributed by atoms with Crippen LogP contribution in [0.5, 0.6) is 0 Å². The van der Waals surface area contributed by atoms with E-state index >= 15 is 0 Å². The zero-order valence-corrected chi connectivity index (χ0v) is 71.4. The maximum Gasteiger partial charge on any atom is 0.0467 e. The molecule has 0 fully saturated rings. The molecule has 0 unspecified atom stereocenters. The Bertz CT molecular complexity index is 7080. The smallest absolute Gasteiger partial charge is 0.0467 e. The van der Waals surface area contributed by atoms with Gasteiger partial charge in [0.2, 0.25) is 0 Å². The van der Waals surface area contributed by atoms with Crippen LogP contribution in [0.15, 0.2) is 552 Å². The average molecular weight is 1650 g/mol. The molecule has 22 aromatic carbocycles. The maximum atomic E-state index is 2.40. The van der Waals surface area contributed by atoms with E-state index in [-0.39, 0.29) is 0 Å². The van der Waals surface area contributed by atoms with Gasteiger partial charge in [-0.25, -0.2) is 0 Å². The van der Waals surface area contributed by atoms with Crippen LogP contribution in [0.1, 0.15) is 0 Å². The lowest BCUT2D eigenvalue weighted by Crippen LogP contribution is -2.10. The Morgan fingerprint density at radius 2 is 0.256 bits per heavy atom. The van der Waals surface area contributed by atoms with Crippen LogP contribution in [0.4, 0.5) is 51.2 Å². The first-order chi connectivity index (χ1) is 64.0. The maximum absolute atomic E-state index is 2.40. The fourth-order valence-corrected chi connectivity index (χ4v) is 17.7. The van der Waals surface area contributed by atoms with E-state index in [2.05, 4.69) is 567 Å². The minimum Gasteiger partial charge on any atom is -0.311 e. The van der Waals surface area contributed by atoms with E-state index in [9.17, 15) is 0 Å². The van der Waals surface area contributed by atoms with Gasteiger partial charge in [-0.05, 0) is 259 Å². The van der Waals surface area contributed by atoms with Crippen LogP contribution in [0, 0.1) is 0 Å². The van der Waals surface area contributed by atoms with Gasteiger partial charge in [-0.3, -0.25) is 0 Å². The topological polar surface area (TPSA) is 9.72 Å². The molecule has 0 saturated heterocycles. The largest absolute Gasteiger partial charge is 0.311 e. The molecule has 0 atom stereocenters. The second-order valence-electron chi connectivity index (χ2n) is 32.3. The fourth-order valence-electron chi connectivity index (χ4n) is 17.7. The molecule has 129 heavy (non-hydrogen) atoms. The first-order valence-electron chi connectivity index (χ1n) is 44.2. The quantitative estimate of drug-likeness (QED) is 0.0799. The zero-order valence-electron chi connectivity index (χ0n) is 71.4. The van der Waals surface area contributed by atoms with Gasteiger partial charge >= 0.3 is 0 Å². The molecule has 0 bridgehead atoms. The van der Waals surface area contributed by atoms with Crippen molar-refractivity contribution in [2.45, 2.75) is 0 Å². The molecule has 0 aliphatic carbocycles. The van der Waals surface area contributed by atoms with Crippen LogP contribution in [0.25, 0.3) is 144 Å². The van der Waals surface area contributed by atoms with Crippen LogP contribution in [0.3, 0.4) is 0 Å². The van der Waals surface area contributed by atoms with Crippen molar-refractivity contribution in [1.82, 2.24) is 0 Å². The number of hydrogen-bond acceptors (Lipinski definition) is 3. The molecule has 0 aromatic heterocycles. The summed E-state index contributed by atoms with van der Waals surface area (Å²) in [5.74, 6) is 0. The van der Waals surface area contributed by atoms with E-state index in [0.717, 1.165) is 51.2 Å². The molecule has 22 rings (SSSR count). The van der Waals surface area contributed by atoms with E-state index in [4.69, 9.17) is 0 Å². The lowest BCUT2D eigenvalue weighted by atomic mass is 9.96. The van der Waals surface area contributed by atoms with Gasteiger partial charge in [-0.15, -0.1) is 0 Å². The summed E-state index contributed by atoms with van der Waals surface area (Å²) in [4.78, 5) is 7.07. The van der Waals surface area contributed by atoms with E-state index in [1.165, 1.54) is 144 Å². The highest BCUT2D eigenvalue weighted by atomic mass is 15.2. The van der Waals surface area contributed by atoms with Gasteiger partial charge in [0.25, 0.3) is 0 Å². The molecule has 3 heteroatoms. The molecule has 0 radical (unpaired) electrons. The van der Waals surface area contributed by atoms with Crippen LogP contribution in [0.2, 0.25) is 0 Å². The molecule has 3 nitrogen and oxygen atoms in total. The second kappa shape index (κ2) is 38.0. The Morgan fingerprint density at radius 1 is 0.0930 bits per heavy atom. The van der Waals surface area contributed by atoms with Crippen LogP contribution in [-0.4, -0.2) is 0 Å². The molecule has 22 aromatic rings. The molecular formula is C126H91N3. The SMILES string of the molecule is c1cc(-c2cccc3ccccc23)cc(N(c2cccc(-c3cccc4ccccc34)c2)c2cccc(-c3cccc4ccccc34)c2)c1.c1ccc(-c2ccc(N(c3ccc(-c4ccccc4)cc3)c3ccc(-c4cccc(-c5ccccc5)c4)cc3)cc2)cc1.c1ccc(-c2ccc(N(c3cccc(-c4ccccc4)c3)c3cccc(-c4ccccc4)c3)cc2)cc1. The second-order valence-corrected chi connectivity index (χ2v) is 32.3. The summed E-state index contributed by atoms with van der Waals surface area (Å²) in [6.07, 6.45) is 0. The van der Waals surface area contributed by atoms with Crippen LogP contribution < -0.4 is 14.7 Å². The molecule has 0 saturated carbocycles. The number of hydrogen-bond donors (Lipinski definition) is 0. The van der Waals surface area contributed by atoms with Gasteiger partial charge in [0.05, 0.1) is 0 Å². The number of anilines is 9. The predicted octanol–water partition coefficient (Wildman–Crippen LogP) is 35.6. The fraction of sp³-hybridized carbons (Fsp3) is 0. The third-order valence-corrected chi connectivity index (χ3v) is 24.2. The summed E-state index contributed by atoms with van der Waals surface area (Å²) < 4.78 is 0. The van der Waals surface area contributed by atoms with Gasteiger partial charge in [0, 0.05) is 51.2 Å². The molecule has 0 heterocycles. The molecule has 0 aliphatic rings. The average Bonchev–Trinajstić information content (AvgIpc) is 0.754. The Kier molecular flexibility index (Phi) is 23.7. The summed E-state index contributed by atoms with van der Waals surface area (Å²) in [6.45, 7) is 0. The zero-order chi connectivity index (χ0) is 86.3. The van der Waals surface area contributed by atoms with Gasteiger partial charge in [-0.1, -0.05) is 437 Å². The highest BCUT2D eigenvalue weighted by Crippen LogP contribution is 2.46. The number of benzene rings is 22. The molecule has 0 amide bonds. The van der Waals surface area contributed by atoms with Gasteiger partial charge < -0.3 is 14.7 Å². The van der Waals surface area contributed by atoms with Crippen molar-refractivity contribution in [1.29, 1.82) is 0 Å². The monoisotopic (exact) mass is 1650 g/mol. The summed E-state index contributed by atoms with van der Waals surface area (Å²) in [7, 11) is 0. The lowest BCUT2D eigenvalue weighted by molar-refractivity contribution is 1.28. The van der Waals surface area contributed by atoms with Crippen molar-refractivity contribution in [2.24, 2.45) is 0 Å². The van der Waals surface area contributed by atoms with E-state index < -0.39 is 0 Å². The first kappa shape index (κ1) is 80.4. The molecule has 610 valence electrons. The minimum absolute atomic E-state index is 1.11. The Labute approximate surface area is 756 Å². The summed E-state index contributed by atoms with van der Waals surface area (Å²) >= 11 is 0. The molecule has 0 aliphatic heterocycles. The van der Waals surface area contributed by atoms with E-state index in [0.29, 0.717) is 0 Å². The van der Waals surface area contributed by atoms with E-state index in [1.54, 1.807) is 0 Å². The minimum atomic E-state index is 1.11. The Hall–Kier alpha value is -17.0. The van der Waals surface area contributed by atoms with Crippen molar-refractivity contribution >= 4 is 83.5 Å². The number of fused-ring (bicyclic) bond motifs is 3. The normalized spacial score (nSPS) is 10.9. The van der Waals surface area contributed by atoms with Crippen molar-refractivity contribution in [3.8, 4) is 111 Å². The lowest BCUT2D eigenvalue weighted by Gasteiger charge is -2.27. The summed E-state index contributed by atoms with van der Waals surface area (Å²) in [5.41, 5.74) is 34.2. The summed E-state index contributed by atoms with van der Waals surface area (Å²) in [5, 5.41) is 7.49. The summed E-state index contributed by atoms with van der Waals surface area (Å²) in [6, 6.07) is 198. The highest BCUT2D eigenvalue weighted by molar-refractivity contribution is 6.01. The van der Waals surface area contributed by atoms with Crippen molar-refractivity contribution in [2.75, 3.05) is 14.7 Å². The van der Waals surface area contributed by atoms with Gasteiger partial charge in [0.15, 0.2) is 0 Å². The standard InChI is InChI=1S/C48H33N.C42H31N.C36H27N/c1-4-25-43-34(13-1)16-10-28-46(43)37-19-7-22-40(31-37)49(41-23-8-20-38(32-41)47-29-11-17-35-14-2-5-26-44(35)47)42-24-9-21-39(33-42)48-30-12-18-36-15-3-6-27-45(36)48;1-4-11-32(12-5-1)35-19-25-40(26-20-35)43(41-27-21-36(22-28-41)33-13-6-2-7-14-33)42-29-23-37(24-30-42)39-18-10-17-38(31-39)34-15-8-3-9-16-34;1-4-12-28(13-5-1)31-22-24-34(25-23-31)37(35-20-10-18-32(26-35)29-14-6-2-7-15-29)36-21-11-19-33(27-36)30-16-8-3-9-17-30/h1-33H;1-31H;1-27H. The van der Waals surface area contributed by atoms with E-state index in [1.807, 2.05) is 0 Å². The van der Waals surface area contributed by atoms with Crippen LogP contribution in [-0.2, 0) is 0 Å². The third-order valence-electron chi connectivity index (χ3n) is 24.2. The van der Waals surface area contributed by atoms with Gasteiger partial charge in [-0.2, -0.15) is 0 Å². The molecule has 0 N–H and O–H groups in total. The Balaban J connectivity index is 0.000000123. The van der Waals surface area contributed by atoms with Gasteiger partial charge in [0.1, 0.15) is 0 Å². The number of nitrogens with zero attached hydrogens (tertiary/aromatic N) is 3. The van der Waals surface area contributed by atoms with Crippen molar-refractivity contribution < 1.29 is 0 Å².